The van der Waals surface area contributed by atoms with Crippen LogP contribution in [-0.4, -0.2) is 35.3 Å². The molecule has 0 aliphatic carbocycles. The van der Waals surface area contributed by atoms with Gasteiger partial charge in [0.1, 0.15) is 11.5 Å². The third-order valence-electron chi connectivity index (χ3n) is 4.12. The van der Waals surface area contributed by atoms with E-state index < -0.39 is 13.4 Å². The monoisotopic (exact) mass is 420 g/mol. The fourth-order valence-electron chi connectivity index (χ4n) is 2.64. The lowest BCUT2D eigenvalue weighted by Gasteiger charge is -2.28. The first-order valence-corrected chi connectivity index (χ1v) is 10.5. The second kappa shape index (κ2) is 12.0. The van der Waals surface area contributed by atoms with E-state index in [0.29, 0.717) is 24.9 Å². The van der Waals surface area contributed by atoms with Crippen LogP contribution in [0.25, 0.3) is 0 Å². The van der Waals surface area contributed by atoms with Crippen molar-refractivity contribution in [2.24, 2.45) is 0 Å². The normalized spacial score (nSPS) is 16.8. The SMILES string of the molecule is CC1CCCN1P(Oc1ccccc1)Oc1ccc([N+](=O)[O-])cc1.CCOC=O. The van der Waals surface area contributed by atoms with E-state index in [1.54, 1.807) is 19.1 Å². The zero-order valence-electron chi connectivity index (χ0n) is 16.5. The summed E-state index contributed by atoms with van der Waals surface area (Å²) in [7, 11) is -1.32. The zero-order chi connectivity index (χ0) is 21.1. The molecule has 2 aromatic carbocycles. The summed E-state index contributed by atoms with van der Waals surface area (Å²) in [5.74, 6) is 1.33. The number of non-ortho nitro benzene ring substituents is 1. The molecule has 1 aliphatic rings. The maximum atomic E-state index is 10.8. The van der Waals surface area contributed by atoms with Gasteiger partial charge in [0.15, 0.2) is 0 Å². The fraction of sp³-hybridized carbons (Fsp3) is 0.350. The molecule has 2 aromatic rings. The summed E-state index contributed by atoms with van der Waals surface area (Å²) >= 11 is 0. The van der Waals surface area contributed by atoms with E-state index in [0.717, 1.165) is 25.1 Å². The van der Waals surface area contributed by atoms with Gasteiger partial charge in [-0.3, -0.25) is 14.9 Å². The Morgan fingerprint density at radius 3 is 2.21 bits per heavy atom. The van der Waals surface area contributed by atoms with Gasteiger partial charge < -0.3 is 13.8 Å². The van der Waals surface area contributed by atoms with Crippen molar-refractivity contribution < 1.29 is 23.5 Å². The summed E-state index contributed by atoms with van der Waals surface area (Å²) in [5.41, 5.74) is 0.0465. The van der Waals surface area contributed by atoms with Crippen LogP contribution in [0.4, 0.5) is 5.69 Å². The molecule has 2 unspecified atom stereocenters. The van der Waals surface area contributed by atoms with E-state index >= 15 is 0 Å². The molecule has 29 heavy (non-hydrogen) atoms. The van der Waals surface area contributed by atoms with Crippen molar-refractivity contribution in [3.05, 3.63) is 64.7 Å². The minimum Gasteiger partial charge on any atom is -0.468 e. The van der Waals surface area contributed by atoms with Crippen LogP contribution in [0.3, 0.4) is 0 Å². The van der Waals surface area contributed by atoms with Crippen molar-refractivity contribution in [1.82, 2.24) is 4.67 Å². The molecule has 0 amide bonds. The maximum absolute atomic E-state index is 10.8. The Labute approximate surface area is 171 Å². The Kier molecular flexibility index (Phi) is 9.34. The summed E-state index contributed by atoms with van der Waals surface area (Å²) in [6.45, 7) is 5.75. The Morgan fingerprint density at radius 1 is 1.14 bits per heavy atom. The number of ether oxygens (including phenoxy) is 1. The number of hydrogen-bond donors (Lipinski definition) is 0. The molecule has 0 radical (unpaired) electrons. The minimum atomic E-state index is -1.32. The molecule has 2 atom stereocenters. The zero-order valence-corrected chi connectivity index (χ0v) is 17.4. The van der Waals surface area contributed by atoms with Gasteiger partial charge in [0, 0.05) is 24.7 Å². The van der Waals surface area contributed by atoms with Gasteiger partial charge >= 0.3 is 8.53 Å². The molecule has 9 heteroatoms. The van der Waals surface area contributed by atoms with Gasteiger partial charge in [0.05, 0.1) is 11.5 Å². The van der Waals surface area contributed by atoms with Gasteiger partial charge in [-0.05, 0) is 51.0 Å². The first-order valence-electron chi connectivity index (χ1n) is 9.32. The van der Waals surface area contributed by atoms with Gasteiger partial charge in [-0.15, -0.1) is 0 Å². The highest BCUT2D eigenvalue weighted by atomic mass is 31.2. The molecule has 0 N–H and O–H groups in total. The lowest BCUT2D eigenvalue weighted by molar-refractivity contribution is -0.384. The van der Waals surface area contributed by atoms with Crippen molar-refractivity contribution in [2.45, 2.75) is 32.7 Å². The third kappa shape index (κ3) is 7.33. The number of nitrogens with zero attached hydrogens (tertiary/aromatic N) is 2. The molecule has 3 rings (SSSR count). The van der Waals surface area contributed by atoms with Gasteiger partial charge in [0.2, 0.25) is 0 Å². The maximum Gasteiger partial charge on any atom is 0.384 e. The molecule has 8 nitrogen and oxygen atoms in total. The molecule has 1 saturated heterocycles. The number of carbonyl (C=O) groups is 1. The van der Waals surface area contributed by atoms with Gasteiger partial charge in [0.25, 0.3) is 12.2 Å². The molecule has 1 aliphatic heterocycles. The largest absolute Gasteiger partial charge is 0.468 e. The summed E-state index contributed by atoms with van der Waals surface area (Å²) < 4.78 is 18.5. The Bertz CT molecular complexity index is 759. The van der Waals surface area contributed by atoms with Crippen molar-refractivity contribution >= 4 is 20.7 Å². The minimum absolute atomic E-state index is 0.0465. The second-order valence-electron chi connectivity index (χ2n) is 6.19. The predicted molar refractivity (Wildman–Crippen MR) is 111 cm³/mol. The standard InChI is InChI=1S/C17H19N2O4P.C3H6O2/c1-14-6-5-13-18(14)24(22-16-7-3-2-4-8-16)23-17-11-9-15(10-12-17)19(20)21;1-2-5-3-4/h2-4,7-12,14H,5-6,13H2,1H3;3H,2H2,1H3. The van der Waals surface area contributed by atoms with Crippen LogP contribution < -0.4 is 9.05 Å². The second-order valence-corrected chi connectivity index (χ2v) is 7.54. The molecular weight excluding hydrogens is 395 g/mol. The molecular formula is C20H25N2O6P. The molecule has 0 spiro atoms. The lowest BCUT2D eigenvalue weighted by atomic mass is 10.3. The van der Waals surface area contributed by atoms with Crippen molar-refractivity contribution in [3.8, 4) is 11.5 Å². The number of nitro groups is 1. The van der Waals surface area contributed by atoms with Crippen molar-refractivity contribution in [1.29, 1.82) is 0 Å². The molecule has 0 saturated carbocycles. The highest BCUT2D eigenvalue weighted by Crippen LogP contribution is 2.47. The highest BCUT2D eigenvalue weighted by Gasteiger charge is 2.33. The number of benzene rings is 2. The van der Waals surface area contributed by atoms with E-state index in [1.165, 1.54) is 12.1 Å². The Balaban J connectivity index is 0.000000537. The van der Waals surface area contributed by atoms with E-state index in [2.05, 4.69) is 16.3 Å². The van der Waals surface area contributed by atoms with Gasteiger partial charge in [-0.2, -0.15) is 0 Å². The van der Waals surface area contributed by atoms with E-state index in [1.807, 2.05) is 30.3 Å². The first-order chi connectivity index (χ1) is 14.0. The number of para-hydroxylation sites is 1. The Morgan fingerprint density at radius 2 is 1.76 bits per heavy atom. The molecule has 156 valence electrons. The summed E-state index contributed by atoms with van der Waals surface area (Å²) in [4.78, 5) is 19.5. The van der Waals surface area contributed by atoms with Crippen LogP contribution in [0.2, 0.25) is 0 Å². The van der Waals surface area contributed by atoms with Crippen LogP contribution >= 0.6 is 8.53 Å². The number of nitro benzene ring substituents is 1. The molecule has 1 fully saturated rings. The topological polar surface area (TPSA) is 91.1 Å². The van der Waals surface area contributed by atoms with E-state index in [-0.39, 0.29) is 5.69 Å². The van der Waals surface area contributed by atoms with Crippen LogP contribution in [-0.2, 0) is 9.53 Å². The summed E-state index contributed by atoms with van der Waals surface area (Å²) in [5, 5.41) is 10.8. The summed E-state index contributed by atoms with van der Waals surface area (Å²) in [6.07, 6.45) is 2.22. The van der Waals surface area contributed by atoms with Crippen LogP contribution in [0.15, 0.2) is 54.6 Å². The van der Waals surface area contributed by atoms with Crippen LogP contribution in [0.1, 0.15) is 26.7 Å². The average Bonchev–Trinajstić information content (AvgIpc) is 3.16. The smallest absolute Gasteiger partial charge is 0.384 e. The van der Waals surface area contributed by atoms with E-state index in [4.69, 9.17) is 9.05 Å². The lowest BCUT2D eigenvalue weighted by Crippen LogP contribution is -2.25. The van der Waals surface area contributed by atoms with E-state index in [9.17, 15) is 14.9 Å². The van der Waals surface area contributed by atoms with Crippen LogP contribution in [0, 0.1) is 10.1 Å². The van der Waals surface area contributed by atoms with Gasteiger partial charge in [-0.1, -0.05) is 18.2 Å². The van der Waals surface area contributed by atoms with Crippen molar-refractivity contribution in [2.75, 3.05) is 13.2 Å². The fourth-order valence-corrected chi connectivity index (χ4v) is 4.24. The number of hydrogen-bond acceptors (Lipinski definition) is 7. The average molecular weight is 420 g/mol. The Hall–Kier alpha value is -2.70. The third-order valence-corrected chi connectivity index (χ3v) is 5.87. The van der Waals surface area contributed by atoms with Crippen molar-refractivity contribution in [3.63, 3.8) is 0 Å². The highest BCUT2D eigenvalue weighted by molar-refractivity contribution is 7.45. The predicted octanol–water partition coefficient (Wildman–Crippen LogP) is 4.94. The summed E-state index contributed by atoms with van der Waals surface area (Å²) in [6, 6.07) is 16.1. The first kappa shape index (κ1) is 22.6. The quantitative estimate of drug-likeness (QED) is 0.258. The molecule has 1 heterocycles. The number of rotatable bonds is 8. The number of carbonyl (C=O) groups excluding carboxylic acids is 1. The molecule has 0 aromatic heterocycles. The van der Waals surface area contributed by atoms with Crippen LogP contribution in [0.5, 0.6) is 11.5 Å². The van der Waals surface area contributed by atoms with Gasteiger partial charge in [-0.25, -0.2) is 4.67 Å². The molecule has 0 bridgehead atoms.